The van der Waals surface area contributed by atoms with E-state index >= 15 is 0 Å². The van der Waals surface area contributed by atoms with Gasteiger partial charge in [0.25, 0.3) is 0 Å². The number of aromatic nitrogens is 1. The monoisotopic (exact) mass is 398 g/mol. The molecule has 28 heavy (non-hydrogen) atoms. The van der Waals surface area contributed by atoms with E-state index in [1.54, 1.807) is 7.05 Å². The maximum atomic E-state index is 13.0. The van der Waals surface area contributed by atoms with Crippen LogP contribution < -0.4 is 15.5 Å². The third kappa shape index (κ3) is 4.59. The first kappa shape index (κ1) is 20.9. The molecule has 2 aliphatic rings. The lowest BCUT2D eigenvalue weighted by atomic mass is 9.95. The molecule has 156 valence electrons. The number of alkyl halides is 3. The second-order valence-electron chi connectivity index (χ2n) is 8.41. The highest BCUT2D eigenvalue weighted by atomic mass is 19.4. The van der Waals surface area contributed by atoms with Crippen LogP contribution in [0.25, 0.3) is 0 Å². The first-order valence-corrected chi connectivity index (χ1v) is 9.94. The molecule has 4 atom stereocenters. The van der Waals surface area contributed by atoms with Crippen molar-refractivity contribution in [3.05, 3.63) is 24.0 Å². The summed E-state index contributed by atoms with van der Waals surface area (Å²) in [5, 5.41) is 6.28. The molecule has 0 spiro atoms. The summed E-state index contributed by atoms with van der Waals surface area (Å²) in [6.07, 6.45) is 0.757. The Morgan fingerprint density at radius 2 is 2.04 bits per heavy atom. The number of halogens is 3. The van der Waals surface area contributed by atoms with Crippen LogP contribution >= 0.6 is 0 Å². The third-order valence-corrected chi connectivity index (χ3v) is 5.96. The summed E-state index contributed by atoms with van der Waals surface area (Å²) < 4.78 is 39.0. The van der Waals surface area contributed by atoms with Gasteiger partial charge in [0, 0.05) is 32.4 Å². The summed E-state index contributed by atoms with van der Waals surface area (Å²) in [6, 6.07) is 1.15. The molecule has 0 unspecified atom stereocenters. The average molecular weight is 398 g/mol. The van der Waals surface area contributed by atoms with Gasteiger partial charge in [-0.15, -0.1) is 0 Å². The Morgan fingerprint density at radius 3 is 2.68 bits per heavy atom. The molecule has 2 N–H and O–H groups in total. The van der Waals surface area contributed by atoms with Crippen molar-refractivity contribution in [3.8, 4) is 0 Å². The van der Waals surface area contributed by atoms with Crippen LogP contribution in [0.4, 0.5) is 18.9 Å². The summed E-state index contributed by atoms with van der Waals surface area (Å²) in [5.41, 5.74) is -0.193. The smallest absolute Gasteiger partial charge is 0.370 e. The van der Waals surface area contributed by atoms with Crippen molar-refractivity contribution in [2.75, 3.05) is 25.0 Å². The molecule has 8 heteroatoms. The maximum Gasteiger partial charge on any atom is 0.417 e. The number of carbonyl (C=O) groups is 1. The van der Waals surface area contributed by atoms with Crippen LogP contribution in [0.1, 0.15) is 38.7 Å². The molecule has 3 rings (SSSR count). The van der Waals surface area contributed by atoms with Crippen LogP contribution in [0.5, 0.6) is 0 Å². The summed E-state index contributed by atoms with van der Waals surface area (Å²) in [6.45, 7) is 5.61. The lowest BCUT2D eigenvalue weighted by Crippen LogP contribution is -2.50. The number of carbonyl (C=O) groups excluding carboxylic acids is 1. The highest BCUT2D eigenvalue weighted by Gasteiger charge is 2.44. The molecular weight excluding hydrogens is 369 g/mol. The van der Waals surface area contributed by atoms with Crippen LogP contribution in [-0.2, 0) is 11.0 Å². The number of nitrogens with one attached hydrogen (secondary N) is 2. The number of likely N-dealkylation sites (N-methyl/N-ethyl adjacent to an activating group) is 1. The molecule has 2 heterocycles. The fraction of sp³-hybridized carbons (Fsp3) is 0.700. The first-order chi connectivity index (χ1) is 13.2. The molecule has 1 saturated carbocycles. The molecule has 1 aromatic heterocycles. The van der Waals surface area contributed by atoms with Crippen LogP contribution in [0, 0.1) is 17.8 Å². The Hall–Kier alpha value is -1.83. The minimum atomic E-state index is -4.39. The van der Waals surface area contributed by atoms with E-state index in [0.29, 0.717) is 30.0 Å². The highest BCUT2D eigenvalue weighted by molar-refractivity contribution is 5.81. The fourth-order valence-corrected chi connectivity index (χ4v) is 4.59. The largest absolute Gasteiger partial charge is 0.417 e. The van der Waals surface area contributed by atoms with E-state index in [-0.39, 0.29) is 18.0 Å². The number of amides is 1. The van der Waals surface area contributed by atoms with E-state index in [4.69, 9.17) is 0 Å². The van der Waals surface area contributed by atoms with E-state index in [1.165, 1.54) is 12.3 Å². The SMILES string of the molecule is CNC(=O)[C@H](CC(C)C)N[C@H]1CC[C@@H]2CN(c3cncc(C(F)(F)F)c3)C[C@@H]21. The maximum absolute atomic E-state index is 13.0. The number of pyridine rings is 1. The van der Waals surface area contributed by atoms with Crippen LogP contribution in [-0.4, -0.2) is 43.1 Å². The lowest BCUT2D eigenvalue weighted by Gasteiger charge is -2.28. The quantitative estimate of drug-likeness (QED) is 0.773. The van der Waals surface area contributed by atoms with E-state index < -0.39 is 11.7 Å². The summed E-state index contributed by atoms with van der Waals surface area (Å²) >= 11 is 0. The zero-order valence-electron chi connectivity index (χ0n) is 16.6. The zero-order valence-corrected chi connectivity index (χ0v) is 16.6. The van der Waals surface area contributed by atoms with Gasteiger partial charge in [-0.05, 0) is 43.1 Å². The average Bonchev–Trinajstić information content (AvgIpc) is 3.21. The van der Waals surface area contributed by atoms with Crippen molar-refractivity contribution in [1.29, 1.82) is 0 Å². The van der Waals surface area contributed by atoms with Crippen LogP contribution in [0.2, 0.25) is 0 Å². The van der Waals surface area contributed by atoms with Gasteiger partial charge < -0.3 is 15.5 Å². The molecule has 0 radical (unpaired) electrons. The normalized spacial score (nSPS) is 25.8. The van der Waals surface area contributed by atoms with Crippen molar-refractivity contribution < 1.29 is 18.0 Å². The van der Waals surface area contributed by atoms with Crippen molar-refractivity contribution in [2.45, 2.75) is 51.4 Å². The Kier molecular flexibility index (Phi) is 6.17. The van der Waals surface area contributed by atoms with Gasteiger partial charge >= 0.3 is 6.18 Å². The van der Waals surface area contributed by atoms with Gasteiger partial charge in [-0.2, -0.15) is 13.2 Å². The first-order valence-electron chi connectivity index (χ1n) is 9.94. The van der Waals surface area contributed by atoms with Crippen molar-refractivity contribution in [1.82, 2.24) is 15.6 Å². The van der Waals surface area contributed by atoms with Gasteiger partial charge in [0.05, 0.1) is 23.5 Å². The molecule has 1 aromatic rings. The third-order valence-electron chi connectivity index (χ3n) is 5.96. The topological polar surface area (TPSA) is 57.3 Å². The van der Waals surface area contributed by atoms with E-state index in [9.17, 15) is 18.0 Å². The highest BCUT2D eigenvalue weighted by Crippen LogP contribution is 2.41. The van der Waals surface area contributed by atoms with Gasteiger partial charge in [0.15, 0.2) is 0 Å². The molecule has 1 aliphatic carbocycles. The fourth-order valence-electron chi connectivity index (χ4n) is 4.59. The second-order valence-corrected chi connectivity index (χ2v) is 8.41. The Balaban J connectivity index is 1.69. The van der Waals surface area contributed by atoms with E-state index in [1.807, 2.05) is 4.90 Å². The number of nitrogens with zero attached hydrogens (tertiary/aromatic N) is 2. The molecule has 1 aliphatic heterocycles. The molecule has 1 amide bonds. The minimum Gasteiger partial charge on any atom is -0.370 e. The van der Waals surface area contributed by atoms with Gasteiger partial charge in [-0.1, -0.05) is 13.8 Å². The molecule has 5 nitrogen and oxygen atoms in total. The van der Waals surface area contributed by atoms with Gasteiger partial charge in [0.1, 0.15) is 0 Å². The van der Waals surface area contributed by atoms with Gasteiger partial charge in [-0.3, -0.25) is 9.78 Å². The Bertz CT molecular complexity index is 694. The number of anilines is 1. The van der Waals surface area contributed by atoms with Crippen molar-refractivity contribution >= 4 is 11.6 Å². The summed E-state index contributed by atoms with van der Waals surface area (Å²) in [5.74, 6) is 1.14. The molecule has 2 fully saturated rings. The second kappa shape index (κ2) is 8.27. The molecule has 0 aromatic carbocycles. The van der Waals surface area contributed by atoms with Gasteiger partial charge in [-0.25, -0.2) is 0 Å². The summed E-state index contributed by atoms with van der Waals surface area (Å²) in [7, 11) is 1.65. The Morgan fingerprint density at radius 1 is 1.29 bits per heavy atom. The van der Waals surface area contributed by atoms with Crippen LogP contribution in [0.3, 0.4) is 0 Å². The standard InChI is InChI=1S/C20H29F3N4O/c1-12(2)6-18(19(28)24-3)26-17-5-4-13-10-27(11-16(13)17)15-7-14(8-25-9-15)20(21,22)23/h7-9,12-13,16-18,26H,4-6,10-11H2,1-3H3,(H,24,28)/t13-,16+,17+,18+/m1/s1. The zero-order chi connectivity index (χ0) is 20.5. The van der Waals surface area contributed by atoms with E-state index in [0.717, 1.165) is 32.0 Å². The van der Waals surface area contributed by atoms with Crippen molar-refractivity contribution in [2.24, 2.45) is 17.8 Å². The molecule has 0 bridgehead atoms. The number of hydrogen-bond donors (Lipinski definition) is 2. The predicted molar refractivity (Wildman–Crippen MR) is 102 cm³/mol. The molecular formula is C20H29F3N4O. The van der Waals surface area contributed by atoms with E-state index in [2.05, 4.69) is 29.5 Å². The summed E-state index contributed by atoms with van der Waals surface area (Å²) in [4.78, 5) is 18.0. The number of rotatable bonds is 6. The van der Waals surface area contributed by atoms with Gasteiger partial charge in [0.2, 0.25) is 5.91 Å². The Labute approximate surface area is 164 Å². The predicted octanol–water partition coefficient (Wildman–Crippen LogP) is 3.07. The number of fused-ring (bicyclic) bond motifs is 1. The van der Waals surface area contributed by atoms with Crippen LogP contribution in [0.15, 0.2) is 18.5 Å². The minimum absolute atomic E-state index is 0.00548. The molecule has 1 saturated heterocycles. The van der Waals surface area contributed by atoms with Crippen molar-refractivity contribution in [3.63, 3.8) is 0 Å². The number of hydrogen-bond acceptors (Lipinski definition) is 4. The lowest BCUT2D eigenvalue weighted by molar-refractivity contribution is -0.137.